The monoisotopic (exact) mass is 294 g/mol. The molecule has 2 atom stereocenters. The Bertz CT molecular complexity index is 503. The van der Waals surface area contributed by atoms with Crippen molar-refractivity contribution < 1.29 is 24.2 Å². The van der Waals surface area contributed by atoms with Gasteiger partial charge in [0.05, 0.1) is 19.6 Å². The van der Waals surface area contributed by atoms with Gasteiger partial charge < -0.3 is 20.5 Å². The molecule has 0 aliphatic carbocycles. The predicted molar refractivity (Wildman–Crippen MR) is 74.6 cm³/mol. The van der Waals surface area contributed by atoms with Crippen LogP contribution in [0.15, 0.2) is 30.3 Å². The lowest BCUT2D eigenvalue weighted by atomic mass is 10.0. The van der Waals surface area contributed by atoms with Crippen LogP contribution in [0.1, 0.15) is 24.9 Å². The van der Waals surface area contributed by atoms with E-state index < -0.39 is 30.1 Å². The van der Waals surface area contributed by atoms with Crippen LogP contribution in [0.5, 0.6) is 0 Å². The van der Waals surface area contributed by atoms with Crippen LogP contribution in [0.2, 0.25) is 0 Å². The first-order chi connectivity index (χ1) is 9.93. The van der Waals surface area contributed by atoms with Crippen LogP contribution < -0.4 is 10.6 Å². The second-order valence-corrected chi connectivity index (χ2v) is 4.42. The van der Waals surface area contributed by atoms with E-state index >= 15 is 0 Å². The second kappa shape index (κ2) is 7.88. The number of ether oxygens (including phenoxy) is 1. The highest BCUT2D eigenvalue weighted by Crippen LogP contribution is 2.16. The van der Waals surface area contributed by atoms with Gasteiger partial charge in [0.25, 0.3) is 0 Å². The Hall–Kier alpha value is -2.57. The Morgan fingerprint density at radius 3 is 2.33 bits per heavy atom. The predicted octanol–water partition coefficient (Wildman–Crippen LogP) is 1.06. The number of carboxylic acids is 1. The summed E-state index contributed by atoms with van der Waals surface area (Å²) in [5.74, 6) is -1.62. The molecular formula is C14H18N2O5. The van der Waals surface area contributed by atoms with Crippen molar-refractivity contribution in [2.45, 2.75) is 25.4 Å². The van der Waals surface area contributed by atoms with Crippen molar-refractivity contribution >= 4 is 18.0 Å². The quantitative estimate of drug-likeness (QED) is 0.680. The molecular weight excluding hydrogens is 276 g/mol. The van der Waals surface area contributed by atoms with Gasteiger partial charge in [0.2, 0.25) is 0 Å². The van der Waals surface area contributed by atoms with E-state index in [1.54, 1.807) is 30.3 Å². The van der Waals surface area contributed by atoms with Crippen LogP contribution in [0.4, 0.5) is 4.79 Å². The Morgan fingerprint density at radius 1 is 1.19 bits per heavy atom. The number of carboxylic acid groups (broad SMARTS) is 1. The number of benzene rings is 1. The highest BCUT2D eigenvalue weighted by Gasteiger charge is 2.21. The van der Waals surface area contributed by atoms with Crippen molar-refractivity contribution in [1.29, 1.82) is 0 Å². The van der Waals surface area contributed by atoms with Crippen molar-refractivity contribution in [2.24, 2.45) is 0 Å². The minimum Gasteiger partial charge on any atom is -0.481 e. The van der Waals surface area contributed by atoms with E-state index in [9.17, 15) is 14.4 Å². The molecule has 0 fully saturated rings. The fraction of sp³-hybridized carbons (Fsp3) is 0.357. The highest BCUT2D eigenvalue weighted by molar-refractivity contribution is 5.83. The summed E-state index contributed by atoms with van der Waals surface area (Å²) < 4.78 is 4.49. The standard InChI is InChI=1S/C14H18N2O5/c1-9(13(19)21-2)15-14(20)16-11(8-12(17)18)10-6-4-3-5-7-10/h3-7,9,11H,8H2,1-2H3,(H,17,18)(H2,15,16,20). The summed E-state index contributed by atoms with van der Waals surface area (Å²) in [4.78, 5) is 33.9. The third kappa shape index (κ3) is 5.52. The fourth-order valence-electron chi connectivity index (χ4n) is 1.74. The molecule has 114 valence electrons. The second-order valence-electron chi connectivity index (χ2n) is 4.42. The molecule has 0 spiro atoms. The van der Waals surface area contributed by atoms with Gasteiger partial charge in [0, 0.05) is 0 Å². The lowest BCUT2D eigenvalue weighted by Crippen LogP contribution is -2.46. The van der Waals surface area contributed by atoms with Crippen LogP contribution >= 0.6 is 0 Å². The molecule has 7 heteroatoms. The largest absolute Gasteiger partial charge is 0.481 e. The number of amides is 2. The number of methoxy groups -OCH3 is 1. The van der Waals surface area contributed by atoms with Gasteiger partial charge in [-0.05, 0) is 12.5 Å². The number of hydrogen-bond acceptors (Lipinski definition) is 4. The maximum Gasteiger partial charge on any atom is 0.328 e. The smallest absolute Gasteiger partial charge is 0.328 e. The van der Waals surface area contributed by atoms with Crippen molar-refractivity contribution in [3.63, 3.8) is 0 Å². The van der Waals surface area contributed by atoms with Crippen molar-refractivity contribution in [3.05, 3.63) is 35.9 Å². The zero-order chi connectivity index (χ0) is 15.8. The third-order valence-corrected chi connectivity index (χ3v) is 2.79. The van der Waals surface area contributed by atoms with Crippen molar-refractivity contribution in [1.82, 2.24) is 10.6 Å². The molecule has 0 heterocycles. The lowest BCUT2D eigenvalue weighted by molar-refractivity contribution is -0.142. The maximum atomic E-state index is 11.8. The number of carbonyl (C=O) groups excluding carboxylic acids is 2. The van der Waals surface area contributed by atoms with Gasteiger partial charge >= 0.3 is 18.0 Å². The van der Waals surface area contributed by atoms with Gasteiger partial charge in [-0.3, -0.25) is 4.79 Å². The normalized spacial score (nSPS) is 12.9. The Balaban J connectivity index is 2.71. The Morgan fingerprint density at radius 2 is 1.81 bits per heavy atom. The molecule has 7 nitrogen and oxygen atoms in total. The van der Waals surface area contributed by atoms with Crippen LogP contribution in [-0.4, -0.2) is 36.2 Å². The van der Waals surface area contributed by atoms with Crippen LogP contribution in [-0.2, 0) is 14.3 Å². The van der Waals surface area contributed by atoms with E-state index in [-0.39, 0.29) is 6.42 Å². The molecule has 1 rings (SSSR count). The van der Waals surface area contributed by atoms with E-state index in [1.807, 2.05) is 0 Å². The summed E-state index contributed by atoms with van der Waals surface area (Å²) in [6, 6.07) is 6.59. The van der Waals surface area contributed by atoms with Gasteiger partial charge in [-0.1, -0.05) is 30.3 Å². The molecule has 21 heavy (non-hydrogen) atoms. The van der Waals surface area contributed by atoms with E-state index in [0.717, 1.165) is 0 Å². The first-order valence-corrected chi connectivity index (χ1v) is 6.35. The summed E-state index contributed by atoms with van der Waals surface area (Å²) in [6.45, 7) is 1.47. The molecule has 0 aliphatic heterocycles. The highest BCUT2D eigenvalue weighted by atomic mass is 16.5. The van der Waals surface area contributed by atoms with E-state index in [2.05, 4.69) is 15.4 Å². The average Bonchev–Trinajstić information content (AvgIpc) is 2.46. The molecule has 1 aromatic carbocycles. The number of hydrogen-bond donors (Lipinski definition) is 3. The van der Waals surface area contributed by atoms with Crippen LogP contribution in [0.25, 0.3) is 0 Å². The molecule has 2 amide bonds. The molecule has 2 unspecified atom stereocenters. The molecule has 0 aliphatic rings. The Kier molecular flexibility index (Phi) is 6.19. The summed E-state index contributed by atoms with van der Waals surface area (Å²) in [7, 11) is 1.22. The first-order valence-electron chi connectivity index (χ1n) is 6.35. The number of esters is 1. The topological polar surface area (TPSA) is 105 Å². The third-order valence-electron chi connectivity index (χ3n) is 2.79. The molecule has 0 aromatic heterocycles. The number of rotatable bonds is 6. The minimum atomic E-state index is -1.04. The van der Waals surface area contributed by atoms with Crippen LogP contribution in [0.3, 0.4) is 0 Å². The van der Waals surface area contributed by atoms with Gasteiger partial charge in [-0.2, -0.15) is 0 Å². The van der Waals surface area contributed by atoms with Gasteiger partial charge in [-0.25, -0.2) is 9.59 Å². The zero-order valence-corrected chi connectivity index (χ0v) is 11.8. The lowest BCUT2D eigenvalue weighted by Gasteiger charge is -2.19. The fourth-order valence-corrected chi connectivity index (χ4v) is 1.74. The van der Waals surface area contributed by atoms with Crippen LogP contribution in [0, 0.1) is 0 Å². The van der Waals surface area contributed by atoms with Gasteiger partial charge in [0.1, 0.15) is 6.04 Å². The number of nitrogens with one attached hydrogen (secondary N) is 2. The van der Waals surface area contributed by atoms with E-state index in [0.29, 0.717) is 5.56 Å². The van der Waals surface area contributed by atoms with E-state index in [1.165, 1.54) is 14.0 Å². The molecule has 0 radical (unpaired) electrons. The number of urea groups is 1. The van der Waals surface area contributed by atoms with E-state index in [4.69, 9.17) is 5.11 Å². The minimum absolute atomic E-state index is 0.260. The molecule has 0 bridgehead atoms. The van der Waals surface area contributed by atoms with Gasteiger partial charge in [-0.15, -0.1) is 0 Å². The summed E-state index contributed by atoms with van der Waals surface area (Å²) in [5, 5.41) is 13.8. The van der Waals surface area contributed by atoms with Crippen molar-refractivity contribution in [2.75, 3.05) is 7.11 Å². The van der Waals surface area contributed by atoms with Crippen molar-refractivity contribution in [3.8, 4) is 0 Å². The Labute approximate surface area is 122 Å². The summed E-state index contributed by atoms with van der Waals surface area (Å²) in [5.41, 5.74) is 0.667. The number of aliphatic carboxylic acids is 1. The molecule has 1 aromatic rings. The zero-order valence-electron chi connectivity index (χ0n) is 11.8. The SMILES string of the molecule is COC(=O)C(C)NC(=O)NC(CC(=O)O)c1ccccc1. The first kappa shape index (κ1) is 16.5. The number of carbonyl (C=O) groups is 3. The summed E-state index contributed by atoms with van der Waals surface area (Å²) >= 11 is 0. The maximum absolute atomic E-state index is 11.8. The molecule has 0 saturated carbocycles. The average molecular weight is 294 g/mol. The van der Waals surface area contributed by atoms with Gasteiger partial charge in [0.15, 0.2) is 0 Å². The molecule has 3 N–H and O–H groups in total. The summed E-state index contributed by atoms with van der Waals surface area (Å²) in [6.07, 6.45) is -0.260. The molecule has 0 saturated heterocycles.